The monoisotopic (exact) mass is 420 g/mol. The summed E-state index contributed by atoms with van der Waals surface area (Å²) in [5, 5.41) is 0. The molecule has 2 rings (SSSR count). The SMILES string of the molecule is COC(=O)c1ccc(-c2cc(OC)c(OS(=O)(=O)C(F)(F)F)cc2OC)cc1. The highest BCUT2D eigenvalue weighted by Gasteiger charge is 2.49. The largest absolute Gasteiger partial charge is 0.534 e. The minimum atomic E-state index is -5.89. The maximum atomic E-state index is 12.6. The Labute approximate surface area is 158 Å². The second kappa shape index (κ2) is 7.97. The molecule has 0 heterocycles. The second-order valence-corrected chi connectivity index (χ2v) is 6.79. The third-order valence-corrected chi connectivity index (χ3v) is 4.55. The van der Waals surface area contributed by atoms with Crippen molar-refractivity contribution in [1.29, 1.82) is 0 Å². The van der Waals surface area contributed by atoms with Crippen LogP contribution in [0.4, 0.5) is 13.2 Å². The van der Waals surface area contributed by atoms with Gasteiger partial charge in [-0.25, -0.2) is 4.79 Å². The summed E-state index contributed by atoms with van der Waals surface area (Å²) in [6, 6.07) is 8.28. The van der Waals surface area contributed by atoms with Crippen LogP contribution < -0.4 is 13.7 Å². The minimum Gasteiger partial charge on any atom is -0.496 e. The quantitative estimate of drug-likeness (QED) is 0.402. The van der Waals surface area contributed by atoms with Crippen LogP contribution >= 0.6 is 0 Å². The molecule has 0 saturated heterocycles. The summed E-state index contributed by atoms with van der Waals surface area (Å²) in [5.41, 5.74) is -4.43. The molecule has 0 radical (unpaired) electrons. The fourth-order valence-electron chi connectivity index (χ4n) is 2.23. The first-order valence-electron chi connectivity index (χ1n) is 7.49. The standard InChI is InChI=1S/C17H15F3O7S/c1-24-13-9-15(27-28(22,23)17(18,19)20)14(25-2)8-12(13)10-4-6-11(7-5-10)16(21)26-3/h4-9H,1-3H3. The van der Waals surface area contributed by atoms with Crippen LogP contribution in [0.2, 0.25) is 0 Å². The lowest BCUT2D eigenvalue weighted by Crippen LogP contribution is -2.28. The molecule has 152 valence electrons. The normalized spacial score (nSPS) is 11.6. The maximum Gasteiger partial charge on any atom is 0.534 e. The van der Waals surface area contributed by atoms with Gasteiger partial charge in [0, 0.05) is 11.6 Å². The topological polar surface area (TPSA) is 88.1 Å². The average Bonchev–Trinajstić information content (AvgIpc) is 2.66. The van der Waals surface area contributed by atoms with Gasteiger partial charge in [0.1, 0.15) is 5.75 Å². The van der Waals surface area contributed by atoms with Gasteiger partial charge in [-0.3, -0.25) is 0 Å². The molecule has 0 aliphatic rings. The average molecular weight is 420 g/mol. The van der Waals surface area contributed by atoms with E-state index < -0.39 is 27.3 Å². The van der Waals surface area contributed by atoms with Crippen LogP contribution in [-0.4, -0.2) is 41.2 Å². The molecule has 0 aliphatic carbocycles. The molecule has 0 fully saturated rings. The van der Waals surface area contributed by atoms with E-state index in [0.717, 1.165) is 13.2 Å². The van der Waals surface area contributed by atoms with Gasteiger partial charge < -0.3 is 18.4 Å². The zero-order chi connectivity index (χ0) is 21.1. The van der Waals surface area contributed by atoms with Gasteiger partial charge in [0.15, 0.2) is 11.5 Å². The molecule has 0 amide bonds. The predicted octanol–water partition coefficient (Wildman–Crippen LogP) is 3.39. The van der Waals surface area contributed by atoms with Crippen LogP contribution in [0.1, 0.15) is 10.4 Å². The number of carbonyl (C=O) groups excluding carboxylic acids is 1. The summed E-state index contributed by atoms with van der Waals surface area (Å²) in [5.74, 6) is -1.47. The number of rotatable bonds is 6. The fraction of sp³-hybridized carbons (Fsp3) is 0.235. The van der Waals surface area contributed by atoms with Crippen LogP contribution in [0.25, 0.3) is 11.1 Å². The van der Waals surface area contributed by atoms with E-state index in [-0.39, 0.29) is 17.1 Å². The van der Waals surface area contributed by atoms with Crippen LogP contribution in [0.15, 0.2) is 36.4 Å². The molecule has 2 aromatic rings. The van der Waals surface area contributed by atoms with Gasteiger partial charge in [0.2, 0.25) is 0 Å². The van der Waals surface area contributed by atoms with Gasteiger partial charge in [-0.2, -0.15) is 21.6 Å². The maximum absolute atomic E-state index is 12.6. The third-order valence-electron chi connectivity index (χ3n) is 3.59. The lowest BCUT2D eigenvalue weighted by atomic mass is 10.0. The number of halogens is 3. The van der Waals surface area contributed by atoms with Crippen molar-refractivity contribution in [1.82, 2.24) is 0 Å². The molecule has 7 nitrogen and oxygen atoms in total. The smallest absolute Gasteiger partial charge is 0.496 e. The summed E-state index contributed by atoms with van der Waals surface area (Å²) in [4.78, 5) is 11.5. The first-order valence-corrected chi connectivity index (χ1v) is 8.90. The molecule has 0 atom stereocenters. The molecule has 0 unspecified atom stereocenters. The van der Waals surface area contributed by atoms with Crippen molar-refractivity contribution in [3.05, 3.63) is 42.0 Å². The summed E-state index contributed by atoms with van der Waals surface area (Å²) < 4.78 is 79.2. The first kappa shape index (κ1) is 21.4. The van der Waals surface area contributed by atoms with E-state index in [1.165, 1.54) is 32.4 Å². The first-order chi connectivity index (χ1) is 13.0. The van der Waals surface area contributed by atoms with Crippen LogP contribution in [-0.2, 0) is 14.9 Å². The molecule has 11 heteroatoms. The van der Waals surface area contributed by atoms with Gasteiger partial charge in [-0.15, -0.1) is 0 Å². The van der Waals surface area contributed by atoms with E-state index in [1.54, 1.807) is 12.1 Å². The van der Waals surface area contributed by atoms with Crippen molar-refractivity contribution in [2.75, 3.05) is 21.3 Å². The number of carbonyl (C=O) groups is 1. The van der Waals surface area contributed by atoms with Gasteiger partial charge in [0.05, 0.1) is 26.9 Å². The summed E-state index contributed by atoms with van der Waals surface area (Å²) in [6.07, 6.45) is 0. The third kappa shape index (κ3) is 4.30. The van der Waals surface area contributed by atoms with Crippen molar-refractivity contribution < 1.29 is 44.8 Å². The Morgan fingerprint density at radius 3 is 1.93 bits per heavy atom. The van der Waals surface area contributed by atoms with Gasteiger partial charge in [-0.05, 0) is 23.8 Å². The zero-order valence-electron chi connectivity index (χ0n) is 14.9. The summed E-state index contributed by atoms with van der Waals surface area (Å²) in [6.45, 7) is 0. The Morgan fingerprint density at radius 2 is 1.46 bits per heavy atom. The van der Waals surface area contributed by atoms with Crippen LogP contribution in [0, 0.1) is 0 Å². The number of benzene rings is 2. The highest BCUT2D eigenvalue weighted by atomic mass is 32.2. The second-order valence-electron chi connectivity index (χ2n) is 5.26. The minimum absolute atomic E-state index is 0.0268. The van der Waals surface area contributed by atoms with Crippen molar-refractivity contribution >= 4 is 16.1 Å². The summed E-state index contributed by atoms with van der Waals surface area (Å²) in [7, 11) is -2.27. The van der Waals surface area contributed by atoms with E-state index in [1.807, 2.05) is 0 Å². The van der Waals surface area contributed by atoms with Gasteiger partial charge >= 0.3 is 21.6 Å². The summed E-state index contributed by atoms with van der Waals surface area (Å²) >= 11 is 0. The molecule has 0 N–H and O–H groups in total. The predicted molar refractivity (Wildman–Crippen MR) is 91.9 cm³/mol. The van der Waals surface area contributed by atoms with Gasteiger partial charge in [0.25, 0.3) is 0 Å². The number of esters is 1. The van der Waals surface area contributed by atoms with Crippen LogP contribution in [0.3, 0.4) is 0 Å². The highest BCUT2D eigenvalue weighted by Crippen LogP contribution is 2.42. The molecule has 28 heavy (non-hydrogen) atoms. The molecule has 0 spiro atoms. The molecule has 0 aromatic heterocycles. The number of methoxy groups -OCH3 is 3. The number of alkyl halides is 3. The van der Waals surface area contributed by atoms with Crippen molar-refractivity contribution in [2.45, 2.75) is 5.51 Å². The highest BCUT2D eigenvalue weighted by molar-refractivity contribution is 7.88. The number of hydrogen-bond acceptors (Lipinski definition) is 7. The fourth-order valence-corrected chi connectivity index (χ4v) is 2.69. The molecular weight excluding hydrogens is 405 g/mol. The van der Waals surface area contributed by atoms with E-state index in [9.17, 15) is 26.4 Å². The lowest BCUT2D eigenvalue weighted by Gasteiger charge is -2.16. The lowest BCUT2D eigenvalue weighted by molar-refractivity contribution is -0.0500. The Bertz CT molecular complexity index is 967. The molecule has 0 aliphatic heterocycles. The van der Waals surface area contributed by atoms with Crippen molar-refractivity contribution in [3.8, 4) is 28.4 Å². The van der Waals surface area contributed by atoms with Crippen LogP contribution in [0.5, 0.6) is 17.2 Å². The molecule has 2 aromatic carbocycles. The van der Waals surface area contributed by atoms with Crippen molar-refractivity contribution in [3.63, 3.8) is 0 Å². The van der Waals surface area contributed by atoms with E-state index in [0.29, 0.717) is 11.1 Å². The number of hydrogen-bond donors (Lipinski definition) is 0. The Hall–Kier alpha value is -2.95. The van der Waals surface area contributed by atoms with Gasteiger partial charge in [-0.1, -0.05) is 12.1 Å². The van der Waals surface area contributed by atoms with E-state index in [2.05, 4.69) is 8.92 Å². The zero-order valence-corrected chi connectivity index (χ0v) is 15.7. The van der Waals surface area contributed by atoms with E-state index >= 15 is 0 Å². The molecular formula is C17H15F3O7S. The van der Waals surface area contributed by atoms with Crippen molar-refractivity contribution in [2.24, 2.45) is 0 Å². The Kier molecular flexibility index (Phi) is 6.07. The molecule has 0 bridgehead atoms. The Morgan fingerprint density at radius 1 is 0.893 bits per heavy atom. The number of ether oxygens (including phenoxy) is 3. The molecule has 0 saturated carbocycles. The Balaban J connectivity index is 2.52. The van der Waals surface area contributed by atoms with E-state index in [4.69, 9.17) is 9.47 Å².